The molecule has 0 fully saturated rings. The topological polar surface area (TPSA) is 74.6 Å². The van der Waals surface area contributed by atoms with Crippen LogP contribution in [0.1, 0.15) is 5.56 Å². The fraction of sp³-hybridized carbons (Fsp3) is 0.200. The lowest BCUT2D eigenvalue weighted by Gasteiger charge is -2.18. The molecule has 0 aliphatic rings. The summed E-state index contributed by atoms with van der Waals surface area (Å²) in [7, 11) is 4.66. The number of hydrogen-bond donors (Lipinski definition) is 1. The second kappa shape index (κ2) is 9.87. The summed E-state index contributed by atoms with van der Waals surface area (Å²) >= 11 is 1.69. The minimum atomic E-state index is -0.190. The first-order chi connectivity index (χ1) is 16.1. The van der Waals surface area contributed by atoms with Gasteiger partial charge in [-0.15, -0.1) is 11.8 Å². The van der Waals surface area contributed by atoms with E-state index in [2.05, 4.69) is 17.6 Å². The summed E-state index contributed by atoms with van der Waals surface area (Å²) in [5, 5.41) is 0.527. The molecule has 0 bridgehead atoms. The predicted molar refractivity (Wildman–Crippen MR) is 132 cm³/mol. The Balaban J connectivity index is 1.85. The molecule has 33 heavy (non-hydrogen) atoms. The van der Waals surface area contributed by atoms with Gasteiger partial charge in [-0.05, 0) is 48.2 Å². The molecule has 0 radical (unpaired) electrons. The SMILES string of the molecule is COc1cc(-c2nc3ccccc3c(=O)n2NCc2ccc(SC)cc2)cc(OC)c1OC. The number of ether oxygens (including phenoxy) is 3. The molecule has 0 saturated carbocycles. The van der Waals surface area contributed by atoms with Gasteiger partial charge in [0.05, 0.1) is 38.8 Å². The van der Waals surface area contributed by atoms with Gasteiger partial charge in [-0.25, -0.2) is 9.66 Å². The largest absolute Gasteiger partial charge is 0.493 e. The van der Waals surface area contributed by atoms with Crippen molar-refractivity contribution >= 4 is 22.7 Å². The lowest BCUT2D eigenvalue weighted by molar-refractivity contribution is 0.324. The zero-order valence-electron chi connectivity index (χ0n) is 18.9. The fourth-order valence-corrected chi connectivity index (χ4v) is 4.01. The summed E-state index contributed by atoms with van der Waals surface area (Å²) in [5.74, 6) is 1.88. The molecule has 0 unspecified atom stereocenters. The Hall–Kier alpha value is -3.65. The van der Waals surface area contributed by atoms with Crippen LogP contribution in [0.5, 0.6) is 17.2 Å². The van der Waals surface area contributed by atoms with Crippen molar-refractivity contribution in [3.63, 3.8) is 0 Å². The summed E-state index contributed by atoms with van der Waals surface area (Å²) in [6.45, 7) is 0.450. The number of rotatable bonds is 8. The van der Waals surface area contributed by atoms with Crippen molar-refractivity contribution in [2.75, 3.05) is 33.0 Å². The number of para-hydroxylation sites is 1. The van der Waals surface area contributed by atoms with E-state index in [1.54, 1.807) is 51.3 Å². The summed E-state index contributed by atoms with van der Waals surface area (Å²) in [6, 6.07) is 19.0. The number of methoxy groups -OCH3 is 3. The molecule has 0 spiro atoms. The lowest BCUT2D eigenvalue weighted by Crippen LogP contribution is -2.31. The van der Waals surface area contributed by atoms with Crippen molar-refractivity contribution in [2.45, 2.75) is 11.4 Å². The maximum absolute atomic E-state index is 13.4. The predicted octanol–water partition coefficient (Wildman–Crippen LogP) is 4.55. The third-order valence-corrected chi connectivity index (χ3v) is 6.04. The van der Waals surface area contributed by atoms with Crippen molar-refractivity contribution in [3.05, 3.63) is 76.6 Å². The van der Waals surface area contributed by atoms with Crippen LogP contribution in [-0.4, -0.2) is 37.2 Å². The number of benzene rings is 3. The van der Waals surface area contributed by atoms with E-state index in [9.17, 15) is 4.79 Å². The highest BCUT2D eigenvalue weighted by Gasteiger charge is 2.19. The van der Waals surface area contributed by atoms with Crippen molar-refractivity contribution in [1.29, 1.82) is 0 Å². The zero-order chi connectivity index (χ0) is 23.4. The highest BCUT2D eigenvalue weighted by Crippen LogP contribution is 2.40. The number of aromatic nitrogens is 2. The highest BCUT2D eigenvalue weighted by atomic mass is 32.2. The van der Waals surface area contributed by atoms with Crippen LogP contribution in [0.3, 0.4) is 0 Å². The normalized spacial score (nSPS) is 10.8. The summed E-state index contributed by atoms with van der Waals surface area (Å²) in [5.41, 5.74) is 5.36. The molecule has 3 aromatic carbocycles. The van der Waals surface area contributed by atoms with Gasteiger partial charge in [-0.3, -0.25) is 4.79 Å². The molecule has 7 nitrogen and oxygen atoms in total. The number of nitrogens with one attached hydrogen (secondary N) is 1. The molecule has 1 N–H and O–H groups in total. The Kier molecular flexibility index (Phi) is 6.74. The van der Waals surface area contributed by atoms with Gasteiger partial charge < -0.3 is 19.6 Å². The van der Waals surface area contributed by atoms with E-state index in [4.69, 9.17) is 19.2 Å². The van der Waals surface area contributed by atoms with Crippen molar-refractivity contribution < 1.29 is 14.2 Å². The van der Waals surface area contributed by atoms with Crippen LogP contribution in [-0.2, 0) is 6.54 Å². The van der Waals surface area contributed by atoms with Gasteiger partial charge in [0.2, 0.25) is 5.75 Å². The second-order valence-electron chi connectivity index (χ2n) is 7.19. The maximum Gasteiger partial charge on any atom is 0.280 e. The smallest absolute Gasteiger partial charge is 0.280 e. The maximum atomic E-state index is 13.4. The summed E-state index contributed by atoms with van der Waals surface area (Å²) < 4.78 is 17.9. The van der Waals surface area contributed by atoms with Crippen LogP contribution in [0.15, 0.2) is 70.4 Å². The minimum absolute atomic E-state index is 0.190. The molecule has 4 aromatic rings. The summed E-state index contributed by atoms with van der Waals surface area (Å²) in [4.78, 5) is 19.4. The average molecular weight is 464 g/mol. The van der Waals surface area contributed by atoms with Crippen LogP contribution in [0.2, 0.25) is 0 Å². The van der Waals surface area contributed by atoms with Crippen molar-refractivity contribution in [2.24, 2.45) is 0 Å². The van der Waals surface area contributed by atoms with Crippen LogP contribution < -0.4 is 25.2 Å². The van der Waals surface area contributed by atoms with E-state index >= 15 is 0 Å². The van der Waals surface area contributed by atoms with Gasteiger partial charge in [0.15, 0.2) is 17.3 Å². The molecule has 0 saturated heterocycles. The van der Waals surface area contributed by atoms with Gasteiger partial charge in [0, 0.05) is 10.5 Å². The Bertz CT molecular complexity index is 1310. The van der Waals surface area contributed by atoms with Gasteiger partial charge in [-0.2, -0.15) is 0 Å². The second-order valence-corrected chi connectivity index (χ2v) is 8.07. The number of nitrogens with zero attached hydrogens (tertiary/aromatic N) is 2. The number of thioether (sulfide) groups is 1. The quantitative estimate of drug-likeness (QED) is 0.384. The molecule has 8 heteroatoms. The zero-order valence-corrected chi connectivity index (χ0v) is 19.7. The van der Waals surface area contributed by atoms with Gasteiger partial charge in [0.25, 0.3) is 5.56 Å². The third kappa shape index (κ3) is 4.47. The van der Waals surface area contributed by atoms with Gasteiger partial charge in [0.1, 0.15) is 0 Å². The van der Waals surface area contributed by atoms with Gasteiger partial charge in [-0.1, -0.05) is 24.3 Å². The van der Waals surface area contributed by atoms with E-state index in [0.717, 1.165) is 5.56 Å². The monoisotopic (exact) mass is 463 g/mol. The minimum Gasteiger partial charge on any atom is -0.493 e. The molecule has 1 heterocycles. The summed E-state index contributed by atoms with van der Waals surface area (Å²) in [6.07, 6.45) is 2.04. The standard InChI is InChI=1S/C25H25N3O4S/c1-30-21-13-17(14-22(31-2)23(21)32-3)24-27-20-8-6-5-7-19(20)25(29)28(24)26-15-16-9-11-18(33-4)12-10-16/h5-14,26H,15H2,1-4H3. The molecule has 0 aliphatic carbocycles. The van der Waals surface area contributed by atoms with Gasteiger partial charge >= 0.3 is 0 Å². The first-order valence-corrected chi connectivity index (χ1v) is 11.5. The van der Waals surface area contributed by atoms with Crippen molar-refractivity contribution in [3.8, 4) is 28.6 Å². The van der Waals surface area contributed by atoms with Crippen LogP contribution in [0.4, 0.5) is 0 Å². The average Bonchev–Trinajstić information content (AvgIpc) is 2.87. The molecular weight excluding hydrogens is 438 g/mol. The lowest BCUT2D eigenvalue weighted by atomic mass is 10.1. The van der Waals surface area contributed by atoms with Crippen molar-refractivity contribution in [1.82, 2.24) is 9.66 Å². The number of fused-ring (bicyclic) bond motifs is 1. The van der Waals surface area contributed by atoms with Crippen LogP contribution >= 0.6 is 11.8 Å². The van der Waals surface area contributed by atoms with E-state index < -0.39 is 0 Å². The Labute approximate surface area is 196 Å². The van der Waals surface area contributed by atoms with Crippen LogP contribution in [0, 0.1) is 0 Å². The first-order valence-electron chi connectivity index (χ1n) is 10.3. The Morgan fingerprint density at radius 3 is 2.21 bits per heavy atom. The van der Waals surface area contributed by atoms with E-state index in [1.807, 2.05) is 36.6 Å². The molecule has 0 atom stereocenters. The molecule has 4 rings (SSSR count). The molecule has 170 valence electrons. The van der Waals surface area contributed by atoms with Crippen LogP contribution in [0.25, 0.3) is 22.3 Å². The molecule has 0 amide bonds. The van der Waals surface area contributed by atoms with E-state index in [0.29, 0.717) is 46.1 Å². The Morgan fingerprint density at radius 2 is 1.61 bits per heavy atom. The highest BCUT2D eigenvalue weighted by molar-refractivity contribution is 7.98. The van der Waals surface area contributed by atoms with E-state index in [1.165, 1.54) is 9.57 Å². The third-order valence-electron chi connectivity index (χ3n) is 5.30. The molecule has 1 aromatic heterocycles. The Morgan fingerprint density at radius 1 is 0.939 bits per heavy atom. The molecule has 0 aliphatic heterocycles. The number of hydrogen-bond acceptors (Lipinski definition) is 7. The van der Waals surface area contributed by atoms with E-state index in [-0.39, 0.29) is 5.56 Å². The fourth-order valence-electron chi connectivity index (χ4n) is 3.60. The first kappa shape index (κ1) is 22.5. The molecular formula is C25H25N3O4S.